The highest BCUT2D eigenvalue weighted by Crippen LogP contribution is 2.27. The molecule has 4 heteroatoms. The van der Waals surface area contributed by atoms with Gasteiger partial charge in [0.1, 0.15) is 5.82 Å². The molecule has 1 aliphatic rings. The highest BCUT2D eigenvalue weighted by molar-refractivity contribution is 5.22. The minimum atomic E-state index is 0.491. The number of hydrogen-bond donors (Lipinski definition) is 1. The third kappa shape index (κ3) is 2.92. The molecule has 4 nitrogen and oxygen atoms in total. The van der Waals surface area contributed by atoms with Crippen LogP contribution >= 0.6 is 0 Å². The van der Waals surface area contributed by atoms with Gasteiger partial charge in [0.2, 0.25) is 0 Å². The van der Waals surface area contributed by atoms with E-state index in [-0.39, 0.29) is 0 Å². The molecule has 2 N–H and O–H groups in total. The minimum Gasteiger partial charge on any atom is -0.382 e. The third-order valence-corrected chi connectivity index (χ3v) is 3.30. The second-order valence-electron chi connectivity index (χ2n) is 4.56. The molecule has 2 rings (SSSR count). The van der Waals surface area contributed by atoms with Crippen molar-refractivity contribution in [3.05, 3.63) is 18.1 Å². The van der Waals surface area contributed by atoms with Crippen LogP contribution in [0.15, 0.2) is 12.4 Å². The summed E-state index contributed by atoms with van der Waals surface area (Å²) in [6.45, 7) is 5.36. The summed E-state index contributed by atoms with van der Waals surface area (Å²) in [6, 6.07) is 0. The molecule has 1 aliphatic carbocycles. The first-order valence-electron chi connectivity index (χ1n) is 6.06. The number of rotatable bonds is 5. The maximum absolute atomic E-state index is 5.51. The van der Waals surface area contributed by atoms with Crippen LogP contribution in [0.3, 0.4) is 0 Å². The van der Waals surface area contributed by atoms with Gasteiger partial charge in [-0.15, -0.1) is 0 Å². The molecule has 1 aromatic rings. The fraction of sp³-hybridized carbons (Fsp3) is 0.667. The molecular weight excluding hydrogens is 200 g/mol. The Bertz CT molecular complexity index is 318. The number of nitrogens with zero attached hydrogens (tertiary/aromatic N) is 3. The first-order chi connectivity index (χ1) is 7.78. The van der Waals surface area contributed by atoms with Gasteiger partial charge in [-0.2, -0.15) is 0 Å². The molecule has 1 fully saturated rings. The van der Waals surface area contributed by atoms with Gasteiger partial charge in [0.05, 0.1) is 18.1 Å². The van der Waals surface area contributed by atoms with E-state index in [1.54, 1.807) is 12.4 Å². The molecule has 88 valence electrons. The standard InChI is InChI=1S/C12H20N4/c1-2-16(8-10-4-3-5-10)9-11-6-15-12(13)7-14-11/h6-7,10H,2-5,8-9H2,1H3,(H2,13,15). The summed E-state index contributed by atoms with van der Waals surface area (Å²) in [5, 5.41) is 0. The maximum Gasteiger partial charge on any atom is 0.141 e. The predicted molar refractivity (Wildman–Crippen MR) is 64.7 cm³/mol. The quantitative estimate of drug-likeness (QED) is 0.820. The molecule has 1 saturated carbocycles. The molecule has 0 aliphatic heterocycles. The van der Waals surface area contributed by atoms with Crippen molar-refractivity contribution in [1.82, 2.24) is 14.9 Å². The lowest BCUT2D eigenvalue weighted by molar-refractivity contribution is 0.176. The Morgan fingerprint density at radius 2 is 2.19 bits per heavy atom. The Balaban J connectivity index is 1.87. The van der Waals surface area contributed by atoms with Gasteiger partial charge in [-0.25, -0.2) is 4.98 Å². The van der Waals surface area contributed by atoms with E-state index < -0.39 is 0 Å². The summed E-state index contributed by atoms with van der Waals surface area (Å²) in [5.74, 6) is 1.40. The van der Waals surface area contributed by atoms with Crippen LogP contribution in [-0.4, -0.2) is 28.0 Å². The van der Waals surface area contributed by atoms with Gasteiger partial charge in [0.25, 0.3) is 0 Å². The Morgan fingerprint density at radius 1 is 1.38 bits per heavy atom. The zero-order valence-electron chi connectivity index (χ0n) is 9.89. The van der Waals surface area contributed by atoms with E-state index in [0.717, 1.165) is 24.7 Å². The lowest BCUT2D eigenvalue weighted by Crippen LogP contribution is -2.32. The van der Waals surface area contributed by atoms with Crippen LogP contribution in [0.5, 0.6) is 0 Å². The number of anilines is 1. The Hall–Kier alpha value is -1.16. The molecule has 0 amide bonds. The van der Waals surface area contributed by atoms with Crippen molar-refractivity contribution in [2.45, 2.75) is 32.7 Å². The SMILES string of the molecule is CCN(Cc1cnc(N)cn1)CC1CCC1. The first-order valence-corrected chi connectivity index (χ1v) is 6.06. The predicted octanol–water partition coefficient (Wildman–Crippen LogP) is 1.68. The van der Waals surface area contributed by atoms with Gasteiger partial charge in [-0.3, -0.25) is 9.88 Å². The second kappa shape index (κ2) is 5.25. The molecule has 1 aromatic heterocycles. The fourth-order valence-corrected chi connectivity index (χ4v) is 2.02. The normalized spacial score (nSPS) is 16.4. The van der Waals surface area contributed by atoms with Crippen molar-refractivity contribution in [2.75, 3.05) is 18.8 Å². The monoisotopic (exact) mass is 220 g/mol. The Kier molecular flexibility index (Phi) is 3.72. The van der Waals surface area contributed by atoms with Gasteiger partial charge >= 0.3 is 0 Å². The first kappa shape index (κ1) is 11.3. The summed E-state index contributed by atoms with van der Waals surface area (Å²) < 4.78 is 0. The summed E-state index contributed by atoms with van der Waals surface area (Å²) in [7, 11) is 0. The zero-order valence-corrected chi connectivity index (χ0v) is 9.89. The van der Waals surface area contributed by atoms with Crippen molar-refractivity contribution in [3.63, 3.8) is 0 Å². The van der Waals surface area contributed by atoms with Crippen LogP contribution in [0.4, 0.5) is 5.82 Å². The van der Waals surface area contributed by atoms with E-state index in [1.807, 2.05) is 0 Å². The second-order valence-corrected chi connectivity index (χ2v) is 4.56. The lowest BCUT2D eigenvalue weighted by atomic mass is 9.85. The van der Waals surface area contributed by atoms with Gasteiger partial charge in [-0.05, 0) is 25.3 Å². The van der Waals surface area contributed by atoms with Crippen LogP contribution < -0.4 is 5.73 Å². The van der Waals surface area contributed by atoms with E-state index in [4.69, 9.17) is 5.73 Å². The molecule has 0 saturated heterocycles. The average Bonchev–Trinajstić information content (AvgIpc) is 2.24. The smallest absolute Gasteiger partial charge is 0.141 e. The van der Waals surface area contributed by atoms with Crippen LogP contribution in [0.1, 0.15) is 31.9 Å². The molecule has 0 radical (unpaired) electrons. The van der Waals surface area contributed by atoms with E-state index in [9.17, 15) is 0 Å². The molecule has 1 heterocycles. The van der Waals surface area contributed by atoms with Gasteiger partial charge < -0.3 is 5.73 Å². The van der Waals surface area contributed by atoms with Crippen molar-refractivity contribution in [2.24, 2.45) is 5.92 Å². The van der Waals surface area contributed by atoms with Crippen LogP contribution in [0, 0.1) is 5.92 Å². The van der Waals surface area contributed by atoms with Crippen LogP contribution in [0.25, 0.3) is 0 Å². The van der Waals surface area contributed by atoms with Crippen molar-refractivity contribution < 1.29 is 0 Å². The minimum absolute atomic E-state index is 0.491. The Morgan fingerprint density at radius 3 is 2.69 bits per heavy atom. The van der Waals surface area contributed by atoms with Gasteiger partial charge in [0.15, 0.2) is 0 Å². The fourth-order valence-electron chi connectivity index (χ4n) is 2.02. The molecule has 0 unspecified atom stereocenters. The number of nitrogens with two attached hydrogens (primary N) is 1. The summed E-state index contributed by atoms with van der Waals surface area (Å²) >= 11 is 0. The lowest BCUT2D eigenvalue weighted by Gasteiger charge is -2.31. The zero-order chi connectivity index (χ0) is 11.4. The van der Waals surface area contributed by atoms with Crippen molar-refractivity contribution >= 4 is 5.82 Å². The van der Waals surface area contributed by atoms with Crippen LogP contribution in [0.2, 0.25) is 0 Å². The largest absolute Gasteiger partial charge is 0.382 e. The summed E-state index contributed by atoms with van der Waals surface area (Å²) in [6.07, 6.45) is 7.60. The molecule has 0 spiro atoms. The summed E-state index contributed by atoms with van der Waals surface area (Å²) in [4.78, 5) is 10.8. The highest BCUT2D eigenvalue weighted by atomic mass is 15.1. The van der Waals surface area contributed by atoms with Crippen LogP contribution in [-0.2, 0) is 6.54 Å². The topological polar surface area (TPSA) is 55.0 Å². The molecular formula is C12H20N4. The van der Waals surface area contributed by atoms with E-state index in [2.05, 4.69) is 21.8 Å². The maximum atomic E-state index is 5.51. The molecule has 16 heavy (non-hydrogen) atoms. The third-order valence-electron chi connectivity index (χ3n) is 3.30. The van der Waals surface area contributed by atoms with Crippen molar-refractivity contribution in [3.8, 4) is 0 Å². The number of hydrogen-bond acceptors (Lipinski definition) is 4. The van der Waals surface area contributed by atoms with E-state index in [0.29, 0.717) is 5.82 Å². The Labute approximate surface area is 96.9 Å². The molecule has 0 bridgehead atoms. The molecule has 0 atom stereocenters. The number of nitrogen functional groups attached to an aromatic ring is 1. The van der Waals surface area contributed by atoms with Gasteiger partial charge in [0, 0.05) is 13.1 Å². The number of aromatic nitrogens is 2. The highest BCUT2D eigenvalue weighted by Gasteiger charge is 2.20. The van der Waals surface area contributed by atoms with E-state index >= 15 is 0 Å². The van der Waals surface area contributed by atoms with Gasteiger partial charge in [-0.1, -0.05) is 13.3 Å². The van der Waals surface area contributed by atoms with E-state index in [1.165, 1.54) is 25.8 Å². The van der Waals surface area contributed by atoms with Crippen molar-refractivity contribution in [1.29, 1.82) is 0 Å². The molecule has 0 aromatic carbocycles. The summed E-state index contributed by atoms with van der Waals surface area (Å²) in [5.41, 5.74) is 6.52. The average molecular weight is 220 g/mol.